The number of aliphatic hydroxyl groups is 3. The molecule has 7 nitrogen and oxygen atoms in total. The molecule has 256 valence electrons. The predicted octanol–water partition coefficient (Wildman–Crippen LogP) is 7.86. The summed E-state index contributed by atoms with van der Waals surface area (Å²) in [6, 6.07) is 0. The van der Waals surface area contributed by atoms with Gasteiger partial charge in [0.2, 0.25) is 0 Å². The van der Waals surface area contributed by atoms with Crippen LogP contribution in [0.4, 0.5) is 0 Å². The predicted molar refractivity (Wildman–Crippen MR) is 175 cm³/mol. The molecule has 2 fully saturated rings. The van der Waals surface area contributed by atoms with Gasteiger partial charge < -0.3 is 29.5 Å². The Hall–Kier alpha value is -0.990. The number of carbonyl (C=O) groups excluding carboxylic acids is 1. The number of hydrogen-bond donors (Lipinski definition) is 3. The van der Waals surface area contributed by atoms with Crippen LogP contribution < -0.4 is 0 Å². The molecule has 0 aromatic carbocycles. The second-order valence-electron chi connectivity index (χ2n) is 14.0. The van der Waals surface area contributed by atoms with Crippen molar-refractivity contribution in [1.29, 1.82) is 0 Å². The van der Waals surface area contributed by atoms with Gasteiger partial charge in [0.15, 0.2) is 0 Å². The summed E-state index contributed by atoms with van der Waals surface area (Å²) in [6.45, 7) is 4.11. The smallest absolute Gasteiger partial charge is 0.334 e. The quantitative estimate of drug-likeness (QED) is 0.0703. The SMILES string of the molecule is CCCCCCCCCCC(O)[C@H]1CC[C@H]([C@H]2CC[C@H]([C@@H](O)CCCCCCCCCC(O)CCC3=CC(C)OC3=O)O2)O1. The van der Waals surface area contributed by atoms with Crippen molar-refractivity contribution in [1.82, 2.24) is 0 Å². The van der Waals surface area contributed by atoms with Gasteiger partial charge in [-0.05, 0) is 70.8 Å². The lowest BCUT2D eigenvalue weighted by Gasteiger charge is -2.24. The number of aliphatic hydroxyl groups excluding tert-OH is 3. The highest BCUT2D eigenvalue weighted by molar-refractivity contribution is 5.90. The summed E-state index contributed by atoms with van der Waals surface area (Å²) < 4.78 is 17.7. The van der Waals surface area contributed by atoms with E-state index in [0.29, 0.717) is 18.4 Å². The molecule has 3 N–H and O–H groups in total. The van der Waals surface area contributed by atoms with Crippen LogP contribution in [0.1, 0.15) is 168 Å². The molecule has 3 rings (SSSR count). The maximum Gasteiger partial charge on any atom is 0.334 e. The van der Waals surface area contributed by atoms with Gasteiger partial charge in [0.1, 0.15) is 6.10 Å². The molecule has 0 spiro atoms. The van der Waals surface area contributed by atoms with Gasteiger partial charge in [0.05, 0.1) is 42.7 Å². The Morgan fingerprint density at radius 3 is 1.57 bits per heavy atom. The van der Waals surface area contributed by atoms with Crippen LogP contribution in [-0.2, 0) is 19.0 Å². The first-order chi connectivity index (χ1) is 21.4. The van der Waals surface area contributed by atoms with E-state index in [1.165, 1.54) is 64.2 Å². The summed E-state index contributed by atoms with van der Waals surface area (Å²) in [5.41, 5.74) is 0.706. The van der Waals surface area contributed by atoms with Crippen molar-refractivity contribution < 1.29 is 34.3 Å². The Bertz CT molecular complexity index is 801. The van der Waals surface area contributed by atoms with Gasteiger partial charge in [-0.1, -0.05) is 103 Å². The van der Waals surface area contributed by atoms with Gasteiger partial charge in [-0.3, -0.25) is 0 Å². The molecule has 0 aromatic rings. The minimum Gasteiger partial charge on any atom is -0.455 e. The molecular formula is C37H66O7. The highest BCUT2D eigenvalue weighted by atomic mass is 16.6. The Labute approximate surface area is 268 Å². The molecule has 7 heteroatoms. The fraction of sp³-hybridized carbons (Fsp3) is 0.919. The van der Waals surface area contributed by atoms with E-state index in [1.54, 1.807) is 0 Å². The zero-order chi connectivity index (χ0) is 31.6. The van der Waals surface area contributed by atoms with Gasteiger partial charge in [0.25, 0.3) is 0 Å². The lowest BCUT2D eigenvalue weighted by molar-refractivity contribution is -0.139. The number of rotatable bonds is 25. The number of esters is 1. The fourth-order valence-electron chi connectivity index (χ4n) is 7.25. The standard InChI is InChI=1S/C37H66O7/c1-3-4-5-6-7-10-13-16-19-31(39)33-23-25-35(43-33)36-26-24-34(44-36)32(40)20-17-14-11-8-9-12-15-18-30(38)22-21-29-27-28(2)42-37(29)41/h27-28,30-36,38-40H,3-26H2,1-2H3/t28?,30?,31?,32-,33+,34+,35+,36+/m0/s1. The van der Waals surface area contributed by atoms with E-state index in [4.69, 9.17) is 14.2 Å². The number of carbonyl (C=O) groups is 1. The fourth-order valence-corrected chi connectivity index (χ4v) is 7.25. The third kappa shape index (κ3) is 14.2. The van der Waals surface area contributed by atoms with Crippen LogP contribution in [0, 0.1) is 0 Å². The van der Waals surface area contributed by atoms with Crippen LogP contribution in [-0.4, -0.2) is 70.1 Å². The number of hydrogen-bond acceptors (Lipinski definition) is 7. The van der Waals surface area contributed by atoms with Crippen LogP contribution in [0.3, 0.4) is 0 Å². The summed E-state index contributed by atoms with van der Waals surface area (Å²) in [4.78, 5) is 11.7. The number of cyclic esters (lactones) is 1. The van der Waals surface area contributed by atoms with E-state index in [-0.39, 0.29) is 48.7 Å². The Morgan fingerprint density at radius 1 is 0.659 bits per heavy atom. The Balaban J connectivity index is 1.13. The monoisotopic (exact) mass is 622 g/mol. The van der Waals surface area contributed by atoms with Crippen molar-refractivity contribution in [2.45, 2.75) is 217 Å². The van der Waals surface area contributed by atoms with E-state index >= 15 is 0 Å². The minimum atomic E-state index is -0.406. The first kappa shape index (κ1) is 37.5. The summed E-state index contributed by atoms with van der Waals surface area (Å²) in [5, 5.41) is 31.7. The average molecular weight is 623 g/mol. The molecule has 3 unspecified atom stereocenters. The number of unbranched alkanes of at least 4 members (excludes halogenated alkanes) is 13. The van der Waals surface area contributed by atoms with Crippen molar-refractivity contribution in [2.75, 3.05) is 0 Å². The summed E-state index contributed by atoms with van der Waals surface area (Å²) in [6.07, 6.45) is 25.9. The maximum atomic E-state index is 11.7. The van der Waals surface area contributed by atoms with E-state index in [2.05, 4.69) is 6.92 Å². The second kappa shape index (κ2) is 21.7. The minimum absolute atomic E-state index is 0.0495. The van der Waals surface area contributed by atoms with E-state index in [9.17, 15) is 20.1 Å². The lowest BCUT2D eigenvalue weighted by atomic mass is 10.00. The first-order valence-corrected chi connectivity index (χ1v) is 18.6. The van der Waals surface area contributed by atoms with Crippen LogP contribution in [0.25, 0.3) is 0 Å². The molecule has 0 bridgehead atoms. The van der Waals surface area contributed by atoms with Gasteiger partial charge in [-0.15, -0.1) is 0 Å². The molecule has 3 aliphatic rings. The molecule has 0 radical (unpaired) electrons. The van der Waals surface area contributed by atoms with Gasteiger partial charge in [0, 0.05) is 5.57 Å². The molecule has 0 aliphatic carbocycles. The van der Waals surface area contributed by atoms with Crippen LogP contribution in [0.15, 0.2) is 11.6 Å². The van der Waals surface area contributed by atoms with Crippen molar-refractivity contribution in [2.24, 2.45) is 0 Å². The Kier molecular flexibility index (Phi) is 18.5. The van der Waals surface area contributed by atoms with Crippen molar-refractivity contribution in [3.63, 3.8) is 0 Å². The molecule has 3 heterocycles. The summed E-state index contributed by atoms with van der Waals surface area (Å²) >= 11 is 0. The molecule has 44 heavy (non-hydrogen) atoms. The molecule has 0 amide bonds. The zero-order valence-electron chi connectivity index (χ0n) is 28.1. The summed E-state index contributed by atoms with van der Waals surface area (Å²) in [7, 11) is 0. The van der Waals surface area contributed by atoms with E-state index in [0.717, 1.165) is 77.0 Å². The van der Waals surface area contributed by atoms with Crippen molar-refractivity contribution in [3.8, 4) is 0 Å². The molecule has 8 atom stereocenters. The van der Waals surface area contributed by atoms with E-state index in [1.807, 2.05) is 13.0 Å². The van der Waals surface area contributed by atoms with Crippen molar-refractivity contribution >= 4 is 5.97 Å². The summed E-state index contributed by atoms with van der Waals surface area (Å²) in [5.74, 6) is -0.231. The third-order valence-corrected chi connectivity index (χ3v) is 10.1. The highest BCUT2D eigenvalue weighted by Gasteiger charge is 2.40. The molecular weight excluding hydrogens is 556 g/mol. The molecule has 3 aliphatic heterocycles. The highest BCUT2D eigenvalue weighted by Crippen LogP contribution is 2.34. The first-order valence-electron chi connectivity index (χ1n) is 18.6. The molecule has 2 saturated heterocycles. The van der Waals surface area contributed by atoms with E-state index < -0.39 is 6.10 Å². The zero-order valence-corrected chi connectivity index (χ0v) is 28.1. The van der Waals surface area contributed by atoms with Crippen LogP contribution in [0.5, 0.6) is 0 Å². The normalized spacial score (nSPS) is 27.4. The maximum absolute atomic E-state index is 11.7. The van der Waals surface area contributed by atoms with Crippen LogP contribution in [0.2, 0.25) is 0 Å². The van der Waals surface area contributed by atoms with Crippen LogP contribution >= 0.6 is 0 Å². The third-order valence-electron chi connectivity index (χ3n) is 10.1. The van der Waals surface area contributed by atoms with Gasteiger partial charge in [-0.25, -0.2) is 4.79 Å². The van der Waals surface area contributed by atoms with Crippen molar-refractivity contribution in [3.05, 3.63) is 11.6 Å². The second-order valence-corrected chi connectivity index (χ2v) is 14.0. The van der Waals surface area contributed by atoms with Gasteiger partial charge in [-0.2, -0.15) is 0 Å². The average Bonchev–Trinajstić information content (AvgIpc) is 3.76. The largest absolute Gasteiger partial charge is 0.455 e. The van der Waals surface area contributed by atoms with Gasteiger partial charge >= 0.3 is 5.97 Å². The number of ether oxygens (including phenoxy) is 3. The topological polar surface area (TPSA) is 105 Å². The Morgan fingerprint density at radius 2 is 1.11 bits per heavy atom. The molecule has 0 saturated carbocycles. The molecule has 0 aromatic heterocycles. The lowest BCUT2D eigenvalue weighted by Crippen LogP contribution is -2.33.